The number of imidazole rings is 1. The van der Waals surface area contributed by atoms with Crippen molar-refractivity contribution in [3.05, 3.63) is 39.8 Å². The molecule has 0 unspecified atom stereocenters. The van der Waals surface area contributed by atoms with Crippen LogP contribution in [0.2, 0.25) is 0 Å². The van der Waals surface area contributed by atoms with E-state index >= 15 is 0 Å². The molecule has 2 aromatic rings. The molecule has 29 heavy (non-hydrogen) atoms. The minimum atomic E-state index is -0.338. The van der Waals surface area contributed by atoms with Gasteiger partial charge in [0.15, 0.2) is 0 Å². The van der Waals surface area contributed by atoms with Gasteiger partial charge in [-0.05, 0) is 18.8 Å². The van der Waals surface area contributed by atoms with Gasteiger partial charge < -0.3 is 15.6 Å². The van der Waals surface area contributed by atoms with Crippen LogP contribution in [0.1, 0.15) is 43.8 Å². The molecule has 0 radical (unpaired) electrons. The van der Waals surface area contributed by atoms with Crippen LogP contribution in [0.4, 0.5) is 5.95 Å². The first kappa shape index (κ1) is 19.6. The maximum atomic E-state index is 12.8. The Kier molecular flexibility index (Phi) is 5.16. The van der Waals surface area contributed by atoms with E-state index in [-0.39, 0.29) is 29.4 Å². The molecule has 4 N–H and O–H groups in total. The molecule has 1 fully saturated rings. The van der Waals surface area contributed by atoms with E-state index in [1.54, 1.807) is 6.33 Å². The largest absolute Gasteiger partial charge is 0.369 e. The van der Waals surface area contributed by atoms with Crippen molar-refractivity contribution in [3.63, 3.8) is 0 Å². The highest BCUT2D eigenvalue weighted by Gasteiger charge is 2.47. The summed E-state index contributed by atoms with van der Waals surface area (Å²) >= 11 is 0. The van der Waals surface area contributed by atoms with E-state index in [2.05, 4.69) is 38.7 Å². The molecule has 2 aliphatic heterocycles. The number of anilines is 1. The van der Waals surface area contributed by atoms with E-state index < -0.39 is 0 Å². The molecule has 0 aliphatic carbocycles. The number of carbonyl (C=O) groups is 1. The number of piperidine rings is 1. The average Bonchev–Trinajstić information content (AvgIpc) is 3.13. The van der Waals surface area contributed by atoms with Crippen molar-refractivity contribution >= 4 is 11.9 Å². The molecule has 9 heteroatoms. The zero-order valence-electron chi connectivity index (χ0n) is 17.1. The minimum absolute atomic E-state index is 0.0224. The molecule has 0 atom stereocenters. The van der Waals surface area contributed by atoms with Crippen molar-refractivity contribution in [1.82, 2.24) is 29.7 Å². The van der Waals surface area contributed by atoms with Crippen LogP contribution in [0.25, 0.3) is 0 Å². The molecule has 2 aromatic heterocycles. The average molecular weight is 399 g/mol. The third-order valence-electron chi connectivity index (χ3n) is 6.07. The Morgan fingerprint density at radius 1 is 1.31 bits per heavy atom. The van der Waals surface area contributed by atoms with Crippen molar-refractivity contribution in [2.75, 3.05) is 31.9 Å². The number of fused-ring (bicyclic) bond motifs is 2. The Morgan fingerprint density at radius 2 is 2.07 bits per heavy atom. The van der Waals surface area contributed by atoms with Crippen LogP contribution in [0.3, 0.4) is 0 Å². The highest BCUT2D eigenvalue weighted by atomic mass is 16.2. The topological polar surface area (TPSA) is 124 Å². The fourth-order valence-electron chi connectivity index (χ4n) is 4.79. The van der Waals surface area contributed by atoms with E-state index in [0.717, 1.165) is 38.0 Å². The highest BCUT2D eigenvalue weighted by molar-refractivity contribution is 5.78. The molecule has 1 amide bonds. The number of hydrogen-bond acceptors (Lipinski definition) is 6. The lowest BCUT2D eigenvalue weighted by Crippen LogP contribution is -2.58. The molecule has 4 heterocycles. The van der Waals surface area contributed by atoms with Crippen molar-refractivity contribution in [2.24, 2.45) is 5.92 Å². The van der Waals surface area contributed by atoms with Gasteiger partial charge in [0.2, 0.25) is 11.9 Å². The summed E-state index contributed by atoms with van der Waals surface area (Å²) in [6, 6.07) is 1.33. The van der Waals surface area contributed by atoms with Gasteiger partial charge in [-0.15, -0.1) is 0 Å². The zero-order valence-corrected chi connectivity index (χ0v) is 17.1. The lowest BCUT2D eigenvalue weighted by Gasteiger charge is -2.51. The number of rotatable bonds is 4. The van der Waals surface area contributed by atoms with E-state index in [4.69, 9.17) is 5.73 Å². The van der Waals surface area contributed by atoms with Crippen LogP contribution in [0, 0.1) is 5.92 Å². The first-order valence-corrected chi connectivity index (χ1v) is 10.3. The number of H-pyrrole nitrogens is 2. The standard InChI is InChI=1S/C20H29N7O2/c1-13(2)11-27-6-3-15-18(23-12-22-15)20(27)4-7-26(8-5-20)17(29)10-14-9-16(28)25-19(21)24-14/h9,12-13H,3-8,10-11H2,1-2H3,(H,22,23)(H3,21,24,25,28). The van der Waals surface area contributed by atoms with Crippen molar-refractivity contribution < 1.29 is 4.79 Å². The number of carbonyl (C=O) groups excluding carboxylic acids is 1. The molecule has 4 rings (SSSR count). The lowest BCUT2D eigenvalue weighted by atomic mass is 9.78. The van der Waals surface area contributed by atoms with Gasteiger partial charge in [-0.3, -0.25) is 19.5 Å². The second kappa shape index (κ2) is 7.62. The van der Waals surface area contributed by atoms with Crippen molar-refractivity contribution in [1.29, 1.82) is 0 Å². The maximum absolute atomic E-state index is 12.8. The van der Waals surface area contributed by atoms with Crippen LogP contribution in [-0.4, -0.2) is 61.8 Å². The van der Waals surface area contributed by atoms with Gasteiger partial charge in [0.05, 0.1) is 29.7 Å². The number of amides is 1. The third-order valence-corrected chi connectivity index (χ3v) is 6.07. The summed E-state index contributed by atoms with van der Waals surface area (Å²) in [6.45, 7) is 7.85. The molecular formula is C20H29N7O2. The summed E-state index contributed by atoms with van der Waals surface area (Å²) < 4.78 is 0. The lowest BCUT2D eigenvalue weighted by molar-refractivity contribution is -0.134. The first-order valence-electron chi connectivity index (χ1n) is 10.3. The Morgan fingerprint density at radius 3 is 2.76 bits per heavy atom. The Balaban J connectivity index is 1.49. The summed E-state index contributed by atoms with van der Waals surface area (Å²) in [5, 5.41) is 0. The molecule has 1 spiro atoms. The van der Waals surface area contributed by atoms with Gasteiger partial charge in [0.25, 0.3) is 5.56 Å². The van der Waals surface area contributed by atoms with Gasteiger partial charge in [0.1, 0.15) is 0 Å². The molecule has 0 aromatic carbocycles. The predicted molar refractivity (Wildman–Crippen MR) is 109 cm³/mol. The Hall–Kier alpha value is -2.68. The summed E-state index contributed by atoms with van der Waals surface area (Å²) in [5.41, 5.74) is 7.93. The summed E-state index contributed by atoms with van der Waals surface area (Å²) in [6.07, 6.45) is 4.58. The molecule has 2 aliphatic rings. The molecule has 156 valence electrons. The van der Waals surface area contributed by atoms with Gasteiger partial charge in [-0.1, -0.05) is 13.8 Å². The second-order valence-electron chi connectivity index (χ2n) is 8.53. The van der Waals surface area contributed by atoms with Gasteiger partial charge in [0, 0.05) is 44.4 Å². The number of aromatic amines is 2. The van der Waals surface area contributed by atoms with Gasteiger partial charge in [-0.2, -0.15) is 0 Å². The van der Waals surface area contributed by atoms with E-state index in [1.807, 2.05) is 4.90 Å². The summed E-state index contributed by atoms with van der Waals surface area (Å²) in [7, 11) is 0. The molecule has 1 saturated heterocycles. The van der Waals surface area contributed by atoms with Gasteiger partial charge >= 0.3 is 0 Å². The third kappa shape index (κ3) is 3.78. The molecular weight excluding hydrogens is 370 g/mol. The summed E-state index contributed by atoms with van der Waals surface area (Å²) in [5.74, 6) is 0.584. The van der Waals surface area contributed by atoms with E-state index in [1.165, 1.54) is 11.8 Å². The quantitative estimate of drug-likeness (QED) is 0.693. The molecule has 0 bridgehead atoms. The number of nitrogens with zero attached hydrogens (tertiary/aromatic N) is 4. The predicted octanol–water partition coefficient (Wildman–Crippen LogP) is 0.650. The molecule has 9 nitrogen and oxygen atoms in total. The number of nitrogen functional groups attached to an aromatic ring is 1. The normalized spacial score (nSPS) is 18.9. The SMILES string of the molecule is CC(C)CN1CCc2[nH]cnc2C12CCN(C(=O)Cc1cc(=O)[nH]c(N)n1)CC2. The van der Waals surface area contributed by atoms with Crippen LogP contribution >= 0.6 is 0 Å². The maximum Gasteiger partial charge on any atom is 0.252 e. The number of likely N-dealkylation sites (tertiary alicyclic amines) is 1. The minimum Gasteiger partial charge on any atom is -0.369 e. The van der Waals surface area contributed by atoms with Crippen LogP contribution in [-0.2, 0) is 23.2 Å². The van der Waals surface area contributed by atoms with E-state index in [9.17, 15) is 9.59 Å². The highest BCUT2D eigenvalue weighted by Crippen LogP contribution is 2.42. The zero-order chi connectivity index (χ0) is 20.6. The van der Waals surface area contributed by atoms with Crippen molar-refractivity contribution in [3.8, 4) is 0 Å². The number of hydrogen-bond donors (Lipinski definition) is 3. The van der Waals surface area contributed by atoms with Gasteiger partial charge in [-0.25, -0.2) is 9.97 Å². The fraction of sp³-hybridized carbons (Fsp3) is 0.600. The number of aromatic nitrogens is 4. The van der Waals surface area contributed by atoms with Crippen LogP contribution in [0.15, 0.2) is 17.2 Å². The Labute approximate surface area is 169 Å². The smallest absolute Gasteiger partial charge is 0.252 e. The first-order chi connectivity index (χ1) is 13.9. The van der Waals surface area contributed by atoms with E-state index in [0.29, 0.717) is 24.7 Å². The Bertz CT molecular complexity index is 940. The van der Waals surface area contributed by atoms with Crippen molar-refractivity contribution in [2.45, 2.75) is 45.1 Å². The van der Waals surface area contributed by atoms with Crippen LogP contribution in [0.5, 0.6) is 0 Å². The fourth-order valence-corrected chi connectivity index (χ4v) is 4.79. The molecule has 0 saturated carbocycles. The summed E-state index contributed by atoms with van der Waals surface area (Å²) in [4.78, 5) is 43.3. The van der Waals surface area contributed by atoms with Crippen LogP contribution < -0.4 is 11.3 Å². The number of nitrogens with two attached hydrogens (primary N) is 1. The number of nitrogens with one attached hydrogen (secondary N) is 2. The monoisotopic (exact) mass is 399 g/mol. The second-order valence-corrected chi connectivity index (χ2v) is 8.53.